The fraction of sp³-hybridized carbons (Fsp3) is 0.667. The molecule has 0 aliphatic heterocycles. The summed E-state index contributed by atoms with van der Waals surface area (Å²) in [5, 5.41) is 0. The molecule has 0 aliphatic carbocycles. The van der Waals surface area contributed by atoms with E-state index in [0.29, 0.717) is 36.7 Å². The van der Waals surface area contributed by atoms with Gasteiger partial charge in [0, 0.05) is 13.0 Å². The van der Waals surface area contributed by atoms with E-state index in [0.717, 1.165) is 0 Å². The van der Waals surface area contributed by atoms with Crippen LogP contribution in [0, 0.1) is 0 Å². The van der Waals surface area contributed by atoms with Crippen LogP contribution in [0.5, 0.6) is 0 Å². The molecular formula is C21H33N5O7. The first-order valence-electron chi connectivity index (χ1n) is 10.7. The summed E-state index contributed by atoms with van der Waals surface area (Å²) in [6, 6.07) is 0. The number of imide groups is 1. The zero-order valence-corrected chi connectivity index (χ0v) is 20.3. The quantitative estimate of drug-likeness (QED) is 0.400. The highest BCUT2D eigenvalue weighted by Gasteiger charge is 2.35. The van der Waals surface area contributed by atoms with Crippen molar-refractivity contribution in [3.63, 3.8) is 0 Å². The lowest BCUT2D eigenvalue weighted by Gasteiger charge is -2.27. The number of nitrogens with zero attached hydrogens (tertiary/aromatic N) is 5. The third kappa shape index (κ3) is 8.46. The summed E-state index contributed by atoms with van der Waals surface area (Å²) in [5.74, 6) is -0.226. The van der Waals surface area contributed by atoms with Crippen molar-refractivity contribution in [2.45, 2.75) is 66.1 Å². The van der Waals surface area contributed by atoms with Crippen LogP contribution < -0.4 is 9.74 Å². The number of anilines is 1. The average Bonchev–Trinajstić information content (AvgIpc) is 3.07. The second-order valence-electron chi connectivity index (χ2n) is 8.95. The summed E-state index contributed by atoms with van der Waals surface area (Å²) in [6.07, 6.45) is 1.48. The van der Waals surface area contributed by atoms with Gasteiger partial charge in [-0.3, -0.25) is 0 Å². The van der Waals surface area contributed by atoms with E-state index >= 15 is 0 Å². The standard InChI is InChI=1S/C21H33N5O7/c1-8-29-14-30-10-9-11-31-25-13-23-15-12-22-17(24-16(15)25)26(18(27)32-20(2,3)4)19(28)33-21(5,6)7/h12-13H,8-11,14H2,1-7H3. The number of carbonyl (C=O) groups is 2. The van der Waals surface area contributed by atoms with Crippen molar-refractivity contribution in [3.05, 3.63) is 12.5 Å². The lowest BCUT2D eigenvalue weighted by molar-refractivity contribution is -0.0543. The van der Waals surface area contributed by atoms with Gasteiger partial charge in [-0.05, 0) is 48.5 Å². The molecule has 12 nitrogen and oxygen atoms in total. The summed E-state index contributed by atoms with van der Waals surface area (Å²) in [4.78, 5) is 44.5. The fourth-order valence-electron chi connectivity index (χ4n) is 2.36. The van der Waals surface area contributed by atoms with Gasteiger partial charge >= 0.3 is 12.2 Å². The van der Waals surface area contributed by atoms with Gasteiger partial charge in [0.15, 0.2) is 0 Å². The minimum Gasteiger partial charge on any atom is -0.443 e. The molecule has 0 bridgehead atoms. The van der Waals surface area contributed by atoms with E-state index in [1.165, 1.54) is 17.3 Å². The minimum atomic E-state index is -0.963. The molecule has 2 aromatic rings. The molecule has 0 unspecified atom stereocenters. The molecule has 2 amide bonds. The lowest BCUT2D eigenvalue weighted by atomic mass is 10.2. The molecule has 2 aromatic heterocycles. The zero-order chi connectivity index (χ0) is 24.6. The minimum absolute atomic E-state index is 0.226. The zero-order valence-electron chi connectivity index (χ0n) is 20.3. The number of amides is 2. The summed E-state index contributed by atoms with van der Waals surface area (Å²) in [7, 11) is 0. The number of imidazole rings is 1. The van der Waals surface area contributed by atoms with E-state index in [1.54, 1.807) is 41.5 Å². The first-order chi connectivity index (χ1) is 15.4. The molecule has 0 aliphatic rings. The summed E-state index contributed by atoms with van der Waals surface area (Å²) in [6.45, 7) is 13.6. The van der Waals surface area contributed by atoms with Crippen molar-refractivity contribution < 1.29 is 33.4 Å². The molecule has 0 saturated carbocycles. The van der Waals surface area contributed by atoms with Gasteiger partial charge in [0.1, 0.15) is 36.4 Å². The number of aromatic nitrogens is 4. The first kappa shape index (κ1) is 26.3. The maximum Gasteiger partial charge on any atom is 0.427 e. The Morgan fingerprint density at radius 2 is 1.61 bits per heavy atom. The van der Waals surface area contributed by atoms with Gasteiger partial charge < -0.3 is 23.8 Å². The van der Waals surface area contributed by atoms with E-state index in [4.69, 9.17) is 23.8 Å². The summed E-state index contributed by atoms with van der Waals surface area (Å²) in [5.41, 5.74) is -1.01. The number of fused-ring (bicyclic) bond motifs is 1. The average molecular weight is 468 g/mol. The molecule has 2 rings (SSSR count). The monoisotopic (exact) mass is 467 g/mol. The number of hydrogen-bond donors (Lipinski definition) is 0. The van der Waals surface area contributed by atoms with Gasteiger partial charge in [-0.15, -0.1) is 4.90 Å². The topological polar surface area (TPSA) is 127 Å². The molecule has 184 valence electrons. The molecule has 0 saturated heterocycles. The van der Waals surface area contributed by atoms with Gasteiger partial charge in [0.2, 0.25) is 11.6 Å². The lowest BCUT2D eigenvalue weighted by Crippen LogP contribution is -2.44. The van der Waals surface area contributed by atoms with Crippen LogP contribution in [0.25, 0.3) is 11.2 Å². The Kier molecular flexibility index (Phi) is 8.94. The Bertz CT molecular complexity index is 905. The van der Waals surface area contributed by atoms with Crippen molar-refractivity contribution in [1.82, 2.24) is 19.7 Å². The molecule has 0 aromatic carbocycles. The van der Waals surface area contributed by atoms with Crippen LogP contribution in [0.1, 0.15) is 54.9 Å². The molecule has 12 heteroatoms. The van der Waals surface area contributed by atoms with Crippen LogP contribution in [-0.2, 0) is 18.9 Å². The number of hydrogen-bond acceptors (Lipinski definition) is 10. The summed E-state index contributed by atoms with van der Waals surface area (Å²) >= 11 is 0. The molecule has 0 spiro atoms. The molecule has 2 heterocycles. The number of rotatable bonds is 9. The van der Waals surface area contributed by atoms with Crippen molar-refractivity contribution in [1.29, 1.82) is 0 Å². The van der Waals surface area contributed by atoms with Gasteiger partial charge in [-0.25, -0.2) is 19.6 Å². The highest BCUT2D eigenvalue weighted by atomic mass is 16.7. The Labute approximate surface area is 193 Å². The van der Waals surface area contributed by atoms with Crippen molar-refractivity contribution in [2.75, 3.05) is 31.5 Å². The van der Waals surface area contributed by atoms with E-state index in [2.05, 4.69) is 15.0 Å². The van der Waals surface area contributed by atoms with Crippen molar-refractivity contribution in [2.24, 2.45) is 0 Å². The van der Waals surface area contributed by atoms with E-state index in [-0.39, 0.29) is 18.4 Å². The Balaban J connectivity index is 2.22. The number of carbonyl (C=O) groups excluding carboxylic acids is 2. The van der Waals surface area contributed by atoms with Crippen LogP contribution in [0.3, 0.4) is 0 Å². The predicted octanol–water partition coefficient (Wildman–Crippen LogP) is 3.33. The van der Waals surface area contributed by atoms with Crippen LogP contribution >= 0.6 is 0 Å². The van der Waals surface area contributed by atoms with Gasteiger partial charge in [0.05, 0.1) is 12.8 Å². The molecule has 0 fully saturated rings. The van der Waals surface area contributed by atoms with E-state index in [1.807, 2.05) is 6.92 Å². The Morgan fingerprint density at radius 3 is 2.18 bits per heavy atom. The third-order valence-corrected chi connectivity index (χ3v) is 3.63. The van der Waals surface area contributed by atoms with Gasteiger partial charge in [-0.1, -0.05) is 0 Å². The SMILES string of the molecule is CCOCOCCCOn1cnc2cnc(N(C(=O)OC(C)(C)C)C(=O)OC(C)(C)C)nc21. The number of ether oxygens (including phenoxy) is 4. The summed E-state index contributed by atoms with van der Waals surface area (Å²) < 4.78 is 22.5. The maximum atomic E-state index is 12.8. The van der Waals surface area contributed by atoms with Crippen LogP contribution in [0.4, 0.5) is 15.5 Å². The molecule has 33 heavy (non-hydrogen) atoms. The second-order valence-corrected chi connectivity index (χ2v) is 8.95. The van der Waals surface area contributed by atoms with Crippen molar-refractivity contribution in [3.8, 4) is 0 Å². The molecular weight excluding hydrogens is 434 g/mol. The Morgan fingerprint density at radius 1 is 0.970 bits per heavy atom. The maximum absolute atomic E-state index is 12.8. The van der Waals surface area contributed by atoms with Crippen LogP contribution in [0.15, 0.2) is 12.5 Å². The molecule has 0 N–H and O–H groups in total. The van der Waals surface area contributed by atoms with E-state index < -0.39 is 23.4 Å². The highest BCUT2D eigenvalue weighted by molar-refractivity contribution is 6.08. The van der Waals surface area contributed by atoms with Gasteiger partial charge in [0.25, 0.3) is 0 Å². The first-order valence-corrected chi connectivity index (χ1v) is 10.7. The largest absolute Gasteiger partial charge is 0.443 e. The molecule has 0 radical (unpaired) electrons. The fourth-order valence-corrected chi connectivity index (χ4v) is 2.36. The van der Waals surface area contributed by atoms with Crippen molar-refractivity contribution >= 4 is 29.3 Å². The highest BCUT2D eigenvalue weighted by Crippen LogP contribution is 2.20. The van der Waals surface area contributed by atoms with Crippen LogP contribution in [-0.4, -0.2) is 69.7 Å². The third-order valence-electron chi connectivity index (χ3n) is 3.63. The molecule has 0 atom stereocenters. The normalized spacial score (nSPS) is 12.0. The smallest absolute Gasteiger partial charge is 0.427 e. The van der Waals surface area contributed by atoms with Gasteiger partial charge in [-0.2, -0.15) is 9.71 Å². The predicted molar refractivity (Wildman–Crippen MR) is 119 cm³/mol. The van der Waals surface area contributed by atoms with E-state index in [9.17, 15) is 9.59 Å². The van der Waals surface area contributed by atoms with Crippen LogP contribution in [0.2, 0.25) is 0 Å². The second kappa shape index (κ2) is 11.2. The Hall–Kier alpha value is -2.99.